The first kappa shape index (κ1) is 18.6. The van der Waals surface area contributed by atoms with Gasteiger partial charge in [0.05, 0.1) is 18.7 Å². The molecule has 1 aromatic rings. The van der Waals surface area contributed by atoms with Gasteiger partial charge in [0, 0.05) is 25.2 Å². The van der Waals surface area contributed by atoms with Crippen LogP contribution in [0.1, 0.15) is 23.2 Å². The quantitative estimate of drug-likeness (QED) is 0.690. The van der Waals surface area contributed by atoms with Gasteiger partial charge in [0.15, 0.2) is 11.5 Å². The third-order valence-electron chi connectivity index (χ3n) is 4.18. The van der Waals surface area contributed by atoms with E-state index in [0.29, 0.717) is 11.0 Å². The number of likely N-dealkylation sites (tertiary alicyclic amines) is 1. The van der Waals surface area contributed by atoms with Crippen molar-refractivity contribution in [3.63, 3.8) is 0 Å². The maximum Gasteiger partial charge on any atom is 0.259 e. The van der Waals surface area contributed by atoms with Gasteiger partial charge in [0.1, 0.15) is 11.3 Å². The van der Waals surface area contributed by atoms with Crippen LogP contribution in [0.4, 0.5) is 0 Å². The van der Waals surface area contributed by atoms with Crippen molar-refractivity contribution in [2.75, 3.05) is 33.9 Å². The van der Waals surface area contributed by atoms with E-state index in [4.69, 9.17) is 9.47 Å². The van der Waals surface area contributed by atoms with Crippen molar-refractivity contribution < 1.29 is 19.4 Å². The Labute approximate surface area is 150 Å². The largest absolute Gasteiger partial charge is 0.504 e. The highest BCUT2D eigenvalue weighted by molar-refractivity contribution is 9.10. The van der Waals surface area contributed by atoms with Gasteiger partial charge in [0.25, 0.3) is 5.91 Å². The molecule has 7 heteroatoms. The Morgan fingerprint density at radius 1 is 1.54 bits per heavy atom. The summed E-state index contributed by atoms with van der Waals surface area (Å²) in [7, 11) is 2.88. The summed E-state index contributed by atoms with van der Waals surface area (Å²) in [5.41, 5.74) is 0.0667. The Balaban J connectivity index is 2.17. The molecule has 132 valence electrons. The zero-order chi connectivity index (χ0) is 17.7. The minimum atomic E-state index is -0.394. The molecule has 1 fully saturated rings. The summed E-state index contributed by atoms with van der Waals surface area (Å²) < 4.78 is 10.9. The zero-order valence-electron chi connectivity index (χ0n) is 14.0. The third-order valence-corrected chi connectivity index (χ3v) is 4.77. The molecule has 1 atom stereocenters. The molecule has 1 heterocycles. The van der Waals surface area contributed by atoms with Crippen molar-refractivity contribution in [2.24, 2.45) is 0 Å². The molecule has 0 aliphatic carbocycles. The van der Waals surface area contributed by atoms with Gasteiger partial charge < -0.3 is 19.9 Å². The summed E-state index contributed by atoms with van der Waals surface area (Å²) in [5, 5.41) is 13.2. The second-order valence-electron chi connectivity index (χ2n) is 5.61. The second kappa shape index (κ2) is 8.39. The smallest absolute Gasteiger partial charge is 0.259 e. The monoisotopic (exact) mass is 398 g/mol. The molecule has 1 unspecified atom stereocenters. The number of amides is 1. The number of halogens is 1. The van der Waals surface area contributed by atoms with E-state index < -0.39 is 5.91 Å². The molecule has 0 radical (unpaired) electrons. The summed E-state index contributed by atoms with van der Waals surface area (Å²) in [6.45, 7) is 6.08. The molecule has 1 amide bonds. The molecule has 0 aromatic heterocycles. The number of nitrogens with zero attached hydrogens (tertiary/aromatic N) is 1. The number of ether oxygens (including phenoxy) is 2. The summed E-state index contributed by atoms with van der Waals surface area (Å²) in [4.78, 5) is 14.9. The molecule has 1 saturated heterocycles. The molecule has 0 bridgehead atoms. The first-order valence-electron chi connectivity index (χ1n) is 7.80. The average molecular weight is 399 g/mol. The highest BCUT2D eigenvalue weighted by atomic mass is 79.9. The fourth-order valence-electron chi connectivity index (χ4n) is 3.00. The van der Waals surface area contributed by atoms with E-state index in [9.17, 15) is 9.90 Å². The number of benzene rings is 1. The molecule has 1 aromatic carbocycles. The predicted molar refractivity (Wildman–Crippen MR) is 96.0 cm³/mol. The van der Waals surface area contributed by atoms with Crippen LogP contribution >= 0.6 is 15.9 Å². The summed E-state index contributed by atoms with van der Waals surface area (Å²) in [5.74, 6) is -0.138. The van der Waals surface area contributed by atoms with Crippen LogP contribution < -0.4 is 14.8 Å². The number of phenols is 1. The van der Waals surface area contributed by atoms with Gasteiger partial charge >= 0.3 is 0 Å². The number of nitrogens with one attached hydrogen (secondary N) is 1. The molecule has 2 rings (SSSR count). The van der Waals surface area contributed by atoms with Crippen LogP contribution in [0.5, 0.6) is 17.2 Å². The summed E-state index contributed by atoms with van der Waals surface area (Å²) in [6.07, 6.45) is 4.00. The Kier molecular flexibility index (Phi) is 6.51. The van der Waals surface area contributed by atoms with Crippen molar-refractivity contribution in [3.05, 3.63) is 28.8 Å². The number of aromatic hydroxyl groups is 1. The maximum absolute atomic E-state index is 12.6. The topological polar surface area (TPSA) is 71.0 Å². The number of hydrogen-bond donors (Lipinski definition) is 2. The molecule has 0 spiro atoms. The van der Waals surface area contributed by atoms with E-state index >= 15 is 0 Å². The lowest BCUT2D eigenvalue weighted by atomic mass is 10.1. The molecule has 2 N–H and O–H groups in total. The fraction of sp³-hybridized carbons (Fsp3) is 0.471. The predicted octanol–water partition coefficient (Wildman–Crippen LogP) is 2.55. The van der Waals surface area contributed by atoms with E-state index in [0.717, 1.165) is 25.9 Å². The average Bonchev–Trinajstić information content (AvgIpc) is 3.01. The molecular formula is C17H23BrN2O4. The molecule has 1 aliphatic heterocycles. The summed E-state index contributed by atoms with van der Waals surface area (Å²) in [6, 6.07) is 1.84. The summed E-state index contributed by atoms with van der Waals surface area (Å²) >= 11 is 3.33. The lowest BCUT2D eigenvalue weighted by Gasteiger charge is -2.23. The minimum absolute atomic E-state index is 0.0667. The molecular weight excluding hydrogens is 376 g/mol. The standard InChI is InChI=1S/C17H23BrN2O4/c1-4-7-20-8-5-6-11(20)10-19-17(22)14-15(21)13(23-2)9-12(18)16(14)24-3/h4,9,11,21H,1,5-8,10H2,2-3H3,(H,19,22). The molecule has 24 heavy (non-hydrogen) atoms. The number of phenolic OH excluding ortho intramolecular Hbond substituents is 1. The van der Waals surface area contributed by atoms with Crippen molar-refractivity contribution in [1.29, 1.82) is 0 Å². The van der Waals surface area contributed by atoms with Gasteiger partial charge in [-0.05, 0) is 35.3 Å². The van der Waals surface area contributed by atoms with Crippen LogP contribution in [0.15, 0.2) is 23.2 Å². The van der Waals surface area contributed by atoms with E-state index in [1.807, 2.05) is 6.08 Å². The third kappa shape index (κ3) is 3.84. The van der Waals surface area contributed by atoms with Crippen LogP contribution in [-0.2, 0) is 0 Å². The van der Waals surface area contributed by atoms with E-state index in [2.05, 4.69) is 32.7 Å². The van der Waals surface area contributed by atoms with Gasteiger partial charge in [-0.15, -0.1) is 6.58 Å². The Morgan fingerprint density at radius 3 is 2.92 bits per heavy atom. The van der Waals surface area contributed by atoms with E-state index in [-0.39, 0.29) is 28.9 Å². The molecule has 0 saturated carbocycles. The number of rotatable bonds is 7. The number of carbonyl (C=O) groups excluding carboxylic acids is 1. The van der Waals surface area contributed by atoms with Gasteiger partial charge in [0.2, 0.25) is 0 Å². The van der Waals surface area contributed by atoms with Gasteiger partial charge in [-0.25, -0.2) is 0 Å². The van der Waals surface area contributed by atoms with Crippen LogP contribution in [-0.4, -0.2) is 55.8 Å². The van der Waals surface area contributed by atoms with Crippen molar-refractivity contribution >= 4 is 21.8 Å². The minimum Gasteiger partial charge on any atom is -0.504 e. The molecule has 1 aliphatic rings. The number of carbonyl (C=O) groups is 1. The Bertz CT molecular complexity index is 621. The maximum atomic E-state index is 12.6. The zero-order valence-corrected chi connectivity index (χ0v) is 15.6. The van der Waals surface area contributed by atoms with Gasteiger partial charge in [-0.2, -0.15) is 0 Å². The normalized spacial score (nSPS) is 17.5. The first-order valence-corrected chi connectivity index (χ1v) is 8.59. The van der Waals surface area contributed by atoms with E-state index in [1.54, 1.807) is 6.07 Å². The van der Waals surface area contributed by atoms with Crippen LogP contribution in [0, 0.1) is 0 Å². The lowest BCUT2D eigenvalue weighted by Crippen LogP contribution is -2.40. The van der Waals surface area contributed by atoms with Crippen molar-refractivity contribution in [3.8, 4) is 17.2 Å². The Hall–Kier alpha value is -1.73. The van der Waals surface area contributed by atoms with Gasteiger partial charge in [-0.1, -0.05) is 6.08 Å². The number of methoxy groups -OCH3 is 2. The van der Waals surface area contributed by atoms with Crippen molar-refractivity contribution in [1.82, 2.24) is 10.2 Å². The highest BCUT2D eigenvalue weighted by Crippen LogP contribution is 2.42. The van der Waals surface area contributed by atoms with Crippen LogP contribution in [0.25, 0.3) is 0 Å². The van der Waals surface area contributed by atoms with E-state index in [1.165, 1.54) is 14.2 Å². The first-order chi connectivity index (χ1) is 11.5. The molecule has 6 nitrogen and oxygen atoms in total. The Morgan fingerprint density at radius 2 is 2.29 bits per heavy atom. The highest BCUT2D eigenvalue weighted by Gasteiger charge is 2.27. The fourth-order valence-corrected chi connectivity index (χ4v) is 3.56. The number of hydrogen-bond acceptors (Lipinski definition) is 5. The van der Waals surface area contributed by atoms with Crippen LogP contribution in [0.3, 0.4) is 0 Å². The van der Waals surface area contributed by atoms with Gasteiger partial charge in [-0.3, -0.25) is 9.69 Å². The van der Waals surface area contributed by atoms with Crippen molar-refractivity contribution in [2.45, 2.75) is 18.9 Å². The SMILES string of the molecule is C=CCN1CCCC1CNC(=O)c1c(O)c(OC)cc(Br)c1OC. The second-order valence-corrected chi connectivity index (χ2v) is 6.46. The van der Waals surface area contributed by atoms with Crippen LogP contribution in [0.2, 0.25) is 0 Å². The lowest BCUT2D eigenvalue weighted by molar-refractivity contribution is 0.0935.